The van der Waals surface area contributed by atoms with Crippen LogP contribution in [0.25, 0.3) is 0 Å². The molecule has 7 heteroatoms. The Hall–Kier alpha value is -1.21. The van der Waals surface area contributed by atoms with Gasteiger partial charge in [0.2, 0.25) is 10.0 Å². The molecule has 1 rings (SSSR count). The van der Waals surface area contributed by atoms with Gasteiger partial charge in [-0.3, -0.25) is 0 Å². The molecule has 0 heterocycles. The predicted octanol–water partition coefficient (Wildman–Crippen LogP) is 1.54. The van der Waals surface area contributed by atoms with Crippen molar-refractivity contribution in [3.63, 3.8) is 0 Å². The van der Waals surface area contributed by atoms with E-state index in [9.17, 15) is 17.2 Å². The molecule has 0 amide bonds. The highest BCUT2D eigenvalue weighted by Gasteiger charge is 2.13. The first-order chi connectivity index (χ1) is 7.78. The Bertz CT molecular complexity index is 460. The molecular weight excluding hydrogens is 250 g/mol. The van der Waals surface area contributed by atoms with Crippen LogP contribution in [-0.4, -0.2) is 20.9 Å². The Morgan fingerprint density at radius 2 is 1.82 bits per heavy atom. The van der Waals surface area contributed by atoms with Gasteiger partial charge in [-0.2, -0.15) is 0 Å². The zero-order valence-corrected chi connectivity index (χ0v) is 10.0. The van der Waals surface area contributed by atoms with Gasteiger partial charge in [0.1, 0.15) is 0 Å². The van der Waals surface area contributed by atoms with Gasteiger partial charge in [-0.1, -0.05) is 12.1 Å². The lowest BCUT2D eigenvalue weighted by Crippen LogP contribution is -2.23. The maximum Gasteiger partial charge on any atom is 0.258 e. The lowest BCUT2D eigenvalue weighted by molar-refractivity contribution is 0.131. The number of nitrogens with two attached hydrogens (primary N) is 1. The number of anilines is 1. The van der Waals surface area contributed by atoms with Crippen molar-refractivity contribution < 1.29 is 17.2 Å². The molecule has 0 aliphatic carbocycles. The monoisotopic (exact) mass is 264 g/mol. The molecule has 17 heavy (non-hydrogen) atoms. The molecule has 0 radical (unpaired) electrons. The fourth-order valence-electron chi connectivity index (χ4n) is 1.26. The van der Waals surface area contributed by atoms with Gasteiger partial charge in [0.25, 0.3) is 6.43 Å². The molecule has 4 nitrogen and oxygen atoms in total. The van der Waals surface area contributed by atoms with Crippen molar-refractivity contribution in [2.45, 2.75) is 25.1 Å². The molecule has 0 saturated carbocycles. The van der Waals surface area contributed by atoms with E-state index < -0.39 is 22.5 Å². The van der Waals surface area contributed by atoms with Gasteiger partial charge in [-0.25, -0.2) is 22.3 Å². The molecule has 1 atom stereocenters. The summed E-state index contributed by atoms with van der Waals surface area (Å²) in [5.74, 6) is -0.266. The number of hydrogen-bond donors (Lipinski definition) is 2. The average Bonchev–Trinajstić information content (AvgIpc) is 2.18. The normalized spacial score (nSPS) is 13.7. The summed E-state index contributed by atoms with van der Waals surface area (Å²) in [5.41, 5.74) is 1.03. The lowest BCUT2D eigenvalue weighted by Gasteiger charge is -2.14. The third-order valence-corrected chi connectivity index (χ3v) is 2.83. The van der Waals surface area contributed by atoms with Crippen molar-refractivity contribution in [3.05, 3.63) is 29.8 Å². The minimum atomic E-state index is -3.57. The van der Waals surface area contributed by atoms with Gasteiger partial charge in [0.15, 0.2) is 0 Å². The second-order valence-electron chi connectivity index (χ2n) is 3.77. The van der Waals surface area contributed by atoms with Crippen LogP contribution in [0.3, 0.4) is 0 Å². The fraction of sp³-hybridized carbons (Fsp3) is 0.400. The minimum absolute atomic E-state index is 0.266. The molecule has 1 aromatic carbocycles. The van der Waals surface area contributed by atoms with Crippen molar-refractivity contribution in [2.24, 2.45) is 5.14 Å². The summed E-state index contributed by atoms with van der Waals surface area (Å²) < 4.78 is 46.1. The van der Waals surface area contributed by atoms with E-state index in [1.54, 1.807) is 12.1 Å². The topological polar surface area (TPSA) is 72.2 Å². The Morgan fingerprint density at radius 3 is 2.24 bits per heavy atom. The van der Waals surface area contributed by atoms with E-state index in [1.807, 2.05) is 0 Å². The zero-order valence-electron chi connectivity index (χ0n) is 9.23. The van der Waals surface area contributed by atoms with Crippen molar-refractivity contribution in [1.29, 1.82) is 0 Å². The summed E-state index contributed by atoms with van der Waals surface area (Å²) in [6.45, 7) is 1.36. The quantitative estimate of drug-likeness (QED) is 0.847. The predicted molar refractivity (Wildman–Crippen MR) is 62.3 cm³/mol. The van der Waals surface area contributed by atoms with Crippen LogP contribution in [0.15, 0.2) is 24.3 Å². The van der Waals surface area contributed by atoms with Crippen LogP contribution in [0.5, 0.6) is 0 Å². The van der Waals surface area contributed by atoms with Crippen LogP contribution in [0.2, 0.25) is 0 Å². The average molecular weight is 264 g/mol. The van der Waals surface area contributed by atoms with E-state index >= 15 is 0 Å². The van der Waals surface area contributed by atoms with E-state index in [2.05, 4.69) is 5.32 Å². The molecule has 96 valence electrons. The van der Waals surface area contributed by atoms with Gasteiger partial charge in [-0.05, 0) is 24.6 Å². The highest BCUT2D eigenvalue weighted by molar-refractivity contribution is 7.88. The summed E-state index contributed by atoms with van der Waals surface area (Å²) in [6, 6.07) is 5.19. The van der Waals surface area contributed by atoms with E-state index in [4.69, 9.17) is 5.14 Å². The number of halogens is 2. The Labute approximate surface area is 98.9 Å². The SMILES string of the molecule is CC(Nc1ccc(CS(N)(=O)=O)cc1)C(F)F. The highest BCUT2D eigenvalue weighted by Crippen LogP contribution is 2.14. The number of primary sulfonamides is 1. The lowest BCUT2D eigenvalue weighted by atomic mass is 10.2. The molecular formula is C10H14F2N2O2S. The Balaban J connectivity index is 2.68. The third-order valence-electron chi connectivity index (χ3n) is 2.09. The molecule has 0 fully saturated rings. The van der Waals surface area contributed by atoms with E-state index in [0.29, 0.717) is 11.3 Å². The summed E-state index contributed by atoms with van der Waals surface area (Å²) in [7, 11) is -3.57. The molecule has 0 saturated heterocycles. The highest BCUT2D eigenvalue weighted by atomic mass is 32.2. The molecule has 1 unspecified atom stereocenters. The first-order valence-corrected chi connectivity index (χ1v) is 6.63. The van der Waals surface area contributed by atoms with Gasteiger partial charge in [0.05, 0.1) is 11.8 Å². The zero-order chi connectivity index (χ0) is 13.1. The molecule has 0 aliphatic rings. The molecule has 0 aliphatic heterocycles. The maximum absolute atomic E-state index is 12.3. The summed E-state index contributed by atoms with van der Waals surface area (Å²) in [6.07, 6.45) is -2.46. The van der Waals surface area contributed by atoms with Crippen molar-refractivity contribution >= 4 is 15.7 Å². The van der Waals surface area contributed by atoms with E-state index in [0.717, 1.165) is 0 Å². The summed E-state index contributed by atoms with van der Waals surface area (Å²) in [4.78, 5) is 0. The maximum atomic E-state index is 12.3. The van der Waals surface area contributed by atoms with Crippen LogP contribution in [-0.2, 0) is 15.8 Å². The second kappa shape index (κ2) is 5.42. The smallest absolute Gasteiger partial charge is 0.258 e. The minimum Gasteiger partial charge on any atom is -0.377 e. The number of rotatable bonds is 5. The van der Waals surface area contributed by atoms with Gasteiger partial charge in [-0.15, -0.1) is 0 Å². The van der Waals surface area contributed by atoms with Gasteiger partial charge < -0.3 is 5.32 Å². The fourth-order valence-corrected chi connectivity index (χ4v) is 1.91. The van der Waals surface area contributed by atoms with Crippen molar-refractivity contribution in [2.75, 3.05) is 5.32 Å². The van der Waals surface area contributed by atoms with Crippen molar-refractivity contribution in [3.8, 4) is 0 Å². The van der Waals surface area contributed by atoms with Crippen LogP contribution < -0.4 is 10.5 Å². The number of benzene rings is 1. The first kappa shape index (κ1) is 13.9. The van der Waals surface area contributed by atoms with Crippen LogP contribution >= 0.6 is 0 Å². The summed E-state index contributed by atoms with van der Waals surface area (Å²) >= 11 is 0. The molecule has 0 spiro atoms. The van der Waals surface area contributed by atoms with E-state index in [1.165, 1.54) is 19.1 Å². The first-order valence-electron chi connectivity index (χ1n) is 4.92. The Morgan fingerprint density at radius 1 is 1.29 bits per heavy atom. The number of hydrogen-bond acceptors (Lipinski definition) is 3. The van der Waals surface area contributed by atoms with E-state index in [-0.39, 0.29) is 5.75 Å². The third kappa shape index (κ3) is 5.10. The number of sulfonamides is 1. The molecule has 3 N–H and O–H groups in total. The second-order valence-corrected chi connectivity index (χ2v) is 5.39. The standard InChI is InChI=1S/C10H14F2N2O2S/c1-7(10(11)12)14-9-4-2-8(3-5-9)6-17(13,15)16/h2-5,7,10,14H,6H2,1H3,(H2,13,15,16). The van der Waals surface area contributed by atoms with Gasteiger partial charge in [0, 0.05) is 5.69 Å². The van der Waals surface area contributed by atoms with Crippen LogP contribution in [0, 0.1) is 0 Å². The van der Waals surface area contributed by atoms with Crippen LogP contribution in [0.4, 0.5) is 14.5 Å². The molecule has 0 aromatic heterocycles. The van der Waals surface area contributed by atoms with Crippen molar-refractivity contribution in [1.82, 2.24) is 0 Å². The Kier molecular flexibility index (Phi) is 4.41. The number of nitrogens with one attached hydrogen (secondary N) is 1. The van der Waals surface area contributed by atoms with Gasteiger partial charge >= 0.3 is 0 Å². The molecule has 1 aromatic rings. The number of alkyl halides is 2. The largest absolute Gasteiger partial charge is 0.377 e. The van der Waals surface area contributed by atoms with Crippen LogP contribution in [0.1, 0.15) is 12.5 Å². The molecule has 0 bridgehead atoms. The summed E-state index contributed by atoms with van der Waals surface area (Å²) in [5, 5.41) is 7.48.